The van der Waals surface area contributed by atoms with Gasteiger partial charge < -0.3 is 33.6 Å². The lowest BCUT2D eigenvalue weighted by Gasteiger charge is -2.13. The van der Waals surface area contributed by atoms with E-state index in [4.69, 9.17) is 22.9 Å². The van der Waals surface area contributed by atoms with Gasteiger partial charge in [-0.25, -0.2) is 0 Å². The Morgan fingerprint density at radius 3 is 2.30 bits per heavy atom. The van der Waals surface area contributed by atoms with Gasteiger partial charge in [0.1, 0.15) is 6.29 Å². The molecule has 1 atom stereocenters. The van der Waals surface area contributed by atoms with E-state index < -0.39 is 12.3 Å². The summed E-state index contributed by atoms with van der Waals surface area (Å²) in [4.78, 5) is 11.7. The van der Waals surface area contributed by atoms with Crippen LogP contribution in [0.25, 0.3) is 0 Å². The number of hydrogen-bond donors (Lipinski definition) is 7. The summed E-state index contributed by atoms with van der Waals surface area (Å²) in [6, 6.07) is -0.476. The average Bonchev–Trinajstić information content (AvgIpc) is 2.41. The summed E-state index contributed by atoms with van der Waals surface area (Å²) in [6.07, 6.45) is 2.71. The molecule has 0 aliphatic carbocycles. The van der Waals surface area contributed by atoms with Crippen molar-refractivity contribution in [2.24, 2.45) is 22.9 Å². The van der Waals surface area contributed by atoms with Crippen molar-refractivity contribution < 1.29 is 4.79 Å². The quantitative estimate of drug-likeness (QED) is 0.144. The molecule has 0 fully saturated rings. The van der Waals surface area contributed by atoms with E-state index in [9.17, 15) is 4.79 Å². The first kappa shape index (κ1) is 19.2. The van der Waals surface area contributed by atoms with Crippen LogP contribution in [0.5, 0.6) is 0 Å². The van der Waals surface area contributed by atoms with Gasteiger partial charge >= 0.3 is 0 Å². The van der Waals surface area contributed by atoms with Crippen LogP contribution in [0.1, 0.15) is 25.7 Å². The van der Waals surface area contributed by atoms with Crippen LogP contribution in [0, 0.1) is 0 Å². The monoisotopic (exact) mass is 289 g/mol. The lowest BCUT2D eigenvalue weighted by molar-refractivity contribution is -0.122. The molecule has 0 aliphatic heterocycles. The summed E-state index contributed by atoms with van der Waals surface area (Å²) in [6.45, 7) is 3.77. The van der Waals surface area contributed by atoms with Crippen LogP contribution >= 0.6 is 0 Å². The number of rotatable bonds is 13. The molecule has 11 N–H and O–H groups in total. The number of amides is 1. The fourth-order valence-electron chi connectivity index (χ4n) is 1.63. The Balaban J connectivity index is 3.41. The van der Waals surface area contributed by atoms with Crippen molar-refractivity contribution in [3.63, 3.8) is 0 Å². The van der Waals surface area contributed by atoms with E-state index in [1.54, 1.807) is 0 Å². The van der Waals surface area contributed by atoms with Crippen molar-refractivity contribution in [2.45, 2.75) is 38.0 Å². The van der Waals surface area contributed by atoms with Gasteiger partial charge in [0.25, 0.3) is 0 Å². The molecule has 0 radical (unpaired) electrons. The molecule has 0 saturated carbocycles. The van der Waals surface area contributed by atoms with Crippen LogP contribution < -0.4 is 38.9 Å². The zero-order valence-electron chi connectivity index (χ0n) is 12.2. The minimum Gasteiger partial charge on any atom is -0.355 e. The van der Waals surface area contributed by atoms with Crippen molar-refractivity contribution >= 4 is 5.91 Å². The van der Waals surface area contributed by atoms with Crippen molar-refractivity contribution in [2.75, 3.05) is 32.7 Å². The lowest BCUT2D eigenvalue weighted by Crippen LogP contribution is -2.46. The van der Waals surface area contributed by atoms with Gasteiger partial charge in [0.05, 0.1) is 6.04 Å². The second-order valence-corrected chi connectivity index (χ2v) is 4.77. The highest BCUT2D eigenvalue weighted by Gasteiger charge is 2.11. The van der Waals surface area contributed by atoms with Crippen LogP contribution in [0.3, 0.4) is 0 Å². The van der Waals surface area contributed by atoms with E-state index in [1.165, 1.54) is 0 Å². The van der Waals surface area contributed by atoms with Crippen molar-refractivity contribution in [3.05, 3.63) is 0 Å². The normalized spacial score (nSPS) is 12.7. The molecule has 0 aliphatic rings. The van der Waals surface area contributed by atoms with Gasteiger partial charge in [0.2, 0.25) is 5.91 Å². The third-order valence-corrected chi connectivity index (χ3v) is 2.80. The fourth-order valence-corrected chi connectivity index (χ4v) is 1.63. The van der Waals surface area contributed by atoms with Crippen LogP contribution in [-0.4, -0.2) is 51.0 Å². The van der Waals surface area contributed by atoms with Gasteiger partial charge in [-0.15, -0.1) is 0 Å². The molecule has 0 saturated heterocycles. The molecule has 0 bridgehead atoms. The Morgan fingerprint density at radius 2 is 1.65 bits per heavy atom. The molecule has 0 aromatic heterocycles. The van der Waals surface area contributed by atoms with E-state index >= 15 is 0 Å². The molecular formula is C12H31N7O. The van der Waals surface area contributed by atoms with Crippen LogP contribution in [0.15, 0.2) is 0 Å². The van der Waals surface area contributed by atoms with E-state index in [2.05, 4.69) is 16.0 Å². The highest BCUT2D eigenvalue weighted by molar-refractivity contribution is 5.81. The second-order valence-electron chi connectivity index (χ2n) is 4.77. The Labute approximate surface area is 121 Å². The Morgan fingerprint density at radius 1 is 0.950 bits per heavy atom. The van der Waals surface area contributed by atoms with Gasteiger partial charge in [-0.3, -0.25) is 10.1 Å². The topological polar surface area (TPSA) is 157 Å². The van der Waals surface area contributed by atoms with Gasteiger partial charge in [-0.2, -0.15) is 0 Å². The van der Waals surface area contributed by atoms with Gasteiger partial charge in [-0.05, 0) is 51.9 Å². The molecule has 0 unspecified atom stereocenters. The first-order chi connectivity index (χ1) is 9.57. The summed E-state index contributed by atoms with van der Waals surface area (Å²) in [5, 5.41) is 8.94. The molecule has 120 valence electrons. The maximum atomic E-state index is 11.7. The fraction of sp³-hybridized carbons (Fsp3) is 0.917. The largest absolute Gasteiger partial charge is 0.355 e. The average molecular weight is 289 g/mol. The molecular weight excluding hydrogens is 258 g/mol. The van der Waals surface area contributed by atoms with Gasteiger partial charge in [-0.1, -0.05) is 0 Å². The first-order valence-electron chi connectivity index (χ1n) is 7.26. The minimum atomic E-state index is -0.521. The van der Waals surface area contributed by atoms with E-state index in [0.717, 1.165) is 32.4 Å². The van der Waals surface area contributed by atoms with Crippen molar-refractivity contribution in [3.8, 4) is 0 Å². The Bertz CT molecular complexity index is 238. The number of carbonyl (C=O) groups is 1. The van der Waals surface area contributed by atoms with E-state index in [0.29, 0.717) is 26.1 Å². The number of nitrogens with one attached hydrogen (secondary N) is 3. The summed E-state index contributed by atoms with van der Waals surface area (Å²) >= 11 is 0. The zero-order chi connectivity index (χ0) is 15.2. The predicted molar refractivity (Wildman–Crippen MR) is 81.5 cm³/mol. The zero-order valence-corrected chi connectivity index (χ0v) is 12.2. The standard InChI is InChI=1S/C12H31N7O/c13-5-2-6-17-7-3-9-18-11(20)10(14)4-1-8-19-12(15)16/h10,12,17,19H,1-9,13-16H2,(H,18,20)/t10-/m0/s1. The first-order valence-corrected chi connectivity index (χ1v) is 7.26. The third-order valence-electron chi connectivity index (χ3n) is 2.80. The predicted octanol–water partition coefficient (Wildman–Crippen LogP) is -2.67. The highest BCUT2D eigenvalue weighted by atomic mass is 16.2. The van der Waals surface area contributed by atoms with Gasteiger partial charge in [0, 0.05) is 6.54 Å². The maximum Gasteiger partial charge on any atom is 0.236 e. The molecule has 8 nitrogen and oxygen atoms in total. The molecule has 0 spiro atoms. The summed E-state index contributed by atoms with van der Waals surface area (Å²) in [5.74, 6) is -0.107. The molecule has 0 rings (SSSR count). The molecule has 0 aromatic rings. The summed E-state index contributed by atoms with van der Waals surface area (Å²) in [5.41, 5.74) is 21.8. The van der Waals surface area contributed by atoms with E-state index in [1.807, 2.05) is 0 Å². The lowest BCUT2D eigenvalue weighted by atomic mass is 10.1. The summed E-state index contributed by atoms with van der Waals surface area (Å²) < 4.78 is 0. The maximum absolute atomic E-state index is 11.7. The second kappa shape index (κ2) is 13.2. The minimum absolute atomic E-state index is 0.107. The SMILES string of the molecule is NCCCNCCCNC(=O)[C@@H](N)CCCNC(N)N. The van der Waals surface area contributed by atoms with E-state index in [-0.39, 0.29) is 5.91 Å². The van der Waals surface area contributed by atoms with Crippen LogP contribution in [0.4, 0.5) is 0 Å². The smallest absolute Gasteiger partial charge is 0.236 e. The third kappa shape index (κ3) is 12.3. The Kier molecular flexibility index (Phi) is 12.7. The number of nitrogens with two attached hydrogens (primary N) is 4. The molecule has 0 heterocycles. The Hall–Kier alpha value is -0.770. The molecule has 8 heteroatoms. The van der Waals surface area contributed by atoms with Crippen molar-refractivity contribution in [1.82, 2.24) is 16.0 Å². The van der Waals surface area contributed by atoms with Crippen LogP contribution in [0.2, 0.25) is 0 Å². The number of hydrogen-bond acceptors (Lipinski definition) is 7. The summed E-state index contributed by atoms with van der Waals surface area (Å²) in [7, 11) is 0. The van der Waals surface area contributed by atoms with Crippen molar-refractivity contribution in [1.29, 1.82) is 0 Å². The highest BCUT2D eigenvalue weighted by Crippen LogP contribution is 1.93. The molecule has 20 heavy (non-hydrogen) atoms. The molecule has 1 amide bonds. The van der Waals surface area contributed by atoms with Gasteiger partial charge in [0.15, 0.2) is 0 Å². The molecule has 0 aromatic carbocycles. The number of carbonyl (C=O) groups excluding carboxylic acids is 1. The van der Waals surface area contributed by atoms with Crippen LogP contribution in [-0.2, 0) is 4.79 Å².